The van der Waals surface area contributed by atoms with E-state index in [0.717, 1.165) is 19.1 Å². The highest BCUT2D eigenvalue weighted by Crippen LogP contribution is 2.22. The third-order valence-electron chi connectivity index (χ3n) is 5.05. The molecule has 2 fully saturated rings. The van der Waals surface area contributed by atoms with Crippen molar-refractivity contribution in [1.82, 2.24) is 19.4 Å². The van der Waals surface area contributed by atoms with Crippen LogP contribution < -0.4 is 0 Å². The smallest absolute Gasteiger partial charge is 0.0951 e. The van der Waals surface area contributed by atoms with E-state index in [4.69, 9.17) is 0 Å². The Hall–Kier alpha value is -1.65. The van der Waals surface area contributed by atoms with Crippen molar-refractivity contribution < 1.29 is 0 Å². The lowest BCUT2D eigenvalue weighted by atomic mass is 10.1. The fourth-order valence-electron chi connectivity index (χ4n) is 3.83. The summed E-state index contributed by atoms with van der Waals surface area (Å²) in [4.78, 5) is 9.64. The van der Waals surface area contributed by atoms with Gasteiger partial charge in [-0.2, -0.15) is 0 Å². The van der Waals surface area contributed by atoms with Gasteiger partial charge in [-0.3, -0.25) is 9.80 Å². The molecule has 22 heavy (non-hydrogen) atoms. The van der Waals surface area contributed by atoms with E-state index in [2.05, 4.69) is 49.7 Å². The lowest BCUT2D eigenvalue weighted by molar-refractivity contribution is 0.0977. The van der Waals surface area contributed by atoms with Gasteiger partial charge in [0.15, 0.2) is 0 Å². The molecule has 0 amide bonds. The molecule has 116 valence electrons. The van der Waals surface area contributed by atoms with Crippen molar-refractivity contribution in [1.29, 1.82) is 0 Å². The molecule has 3 heterocycles. The summed E-state index contributed by atoms with van der Waals surface area (Å²) < 4.78 is 2.29. The number of piperazine rings is 1. The van der Waals surface area contributed by atoms with E-state index in [1.54, 1.807) is 0 Å². The summed E-state index contributed by atoms with van der Waals surface area (Å²) in [5.41, 5.74) is 2.66. The van der Waals surface area contributed by atoms with Crippen LogP contribution in [0.3, 0.4) is 0 Å². The summed E-state index contributed by atoms with van der Waals surface area (Å²) in [6.07, 6.45) is 6.75. The minimum absolute atomic E-state index is 0.791. The molecule has 1 aromatic carbocycles. The summed E-state index contributed by atoms with van der Waals surface area (Å²) in [7, 11) is 0. The maximum atomic E-state index is 4.38. The number of imidazole rings is 1. The van der Waals surface area contributed by atoms with E-state index < -0.39 is 0 Å². The van der Waals surface area contributed by atoms with Crippen molar-refractivity contribution in [2.24, 2.45) is 0 Å². The van der Waals surface area contributed by atoms with E-state index in [1.165, 1.54) is 50.3 Å². The van der Waals surface area contributed by atoms with Crippen LogP contribution in [-0.4, -0.2) is 51.6 Å². The van der Waals surface area contributed by atoms with E-state index >= 15 is 0 Å². The van der Waals surface area contributed by atoms with Gasteiger partial charge in [0, 0.05) is 45.0 Å². The molecule has 4 nitrogen and oxygen atoms in total. The molecular formula is C18H24N4. The van der Waals surface area contributed by atoms with Crippen LogP contribution in [0.2, 0.25) is 0 Å². The van der Waals surface area contributed by atoms with Gasteiger partial charge in [-0.25, -0.2) is 4.98 Å². The van der Waals surface area contributed by atoms with E-state index in [1.807, 2.05) is 12.5 Å². The van der Waals surface area contributed by atoms with Crippen LogP contribution >= 0.6 is 0 Å². The standard InChI is InChI=1S/C18H24N4/c1-2-5-16(6-3-1)12-22-15-19-11-18(22)14-20-9-10-21-8-4-7-17(21)13-20/h1-3,5-6,11,15,17H,4,7-10,12-14H2/t17-/m1/s1. The molecule has 1 atom stereocenters. The maximum absolute atomic E-state index is 4.38. The molecule has 2 aromatic rings. The van der Waals surface area contributed by atoms with E-state index in [0.29, 0.717) is 0 Å². The Morgan fingerprint density at radius 2 is 1.95 bits per heavy atom. The molecule has 4 rings (SSSR count). The Labute approximate surface area is 132 Å². The van der Waals surface area contributed by atoms with Gasteiger partial charge in [0.25, 0.3) is 0 Å². The Balaban J connectivity index is 1.42. The third kappa shape index (κ3) is 2.94. The molecule has 0 aliphatic carbocycles. The zero-order valence-electron chi connectivity index (χ0n) is 13.1. The summed E-state index contributed by atoms with van der Waals surface area (Å²) in [6.45, 7) is 6.89. The Kier molecular flexibility index (Phi) is 3.95. The van der Waals surface area contributed by atoms with Crippen molar-refractivity contribution in [3.05, 3.63) is 54.1 Å². The zero-order chi connectivity index (χ0) is 14.8. The van der Waals surface area contributed by atoms with Gasteiger partial charge >= 0.3 is 0 Å². The fourth-order valence-corrected chi connectivity index (χ4v) is 3.83. The van der Waals surface area contributed by atoms with Gasteiger partial charge in [0.2, 0.25) is 0 Å². The minimum Gasteiger partial charge on any atom is -0.329 e. The van der Waals surface area contributed by atoms with Crippen LogP contribution in [0.25, 0.3) is 0 Å². The number of nitrogens with zero attached hydrogens (tertiary/aromatic N) is 4. The van der Waals surface area contributed by atoms with Crippen molar-refractivity contribution in [3.63, 3.8) is 0 Å². The second-order valence-corrected chi connectivity index (χ2v) is 6.57. The lowest BCUT2D eigenvalue weighted by Gasteiger charge is -2.37. The van der Waals surface area contributed by atoms with Crippen LogP contribution in [0.4, 0.5) is 0 Å². The molecule has 0 spiro atoms. The fraction of sp³-hybridized carbons (Fsp3) is 0.500. The summed E-state index contributed by atoms with van der Waals surface area (Å²) in [6, 6.07) is 11.4. The molecule has 1 aromatic heterocycles. The van der Waals surface area contributed by atoms with Gasteiger partial charge in [0.1, 0.15) is 0 Å². The van der Waals surface area contributed by atoms with Gasteiger partial charge in [-0.05, 0) is 24.9 Å². The quantitative estimate of drug-likeness (QED) is 0.864. The maximum Gasteiger partial charge on any atom is 0.0951 e. The minimum atomic E-state index is 0.791. The molecule has 0 unspecified atom stereocenters. The number of hydrogen-bond donors (Lipinski definition) is 0. The first-order valence-corrected chi connectivity index (χ1v) is 8.38. The molecule has 4 heteroatoms. The molecular weight excluding hydrogens is 272 g/mol. The Morgan fingerprint density at radius 1 is 1.05 bits per heavy atom. The molecule has 0 bridgehead atoms. The predicted octanol–water partition coefficient (Wildman–Crippen LogP) is 2.21. The molecule has 0 N–H and O–H groups in total. The first-order valence-electron chi connectivity index (χ1n) is 8.38. The number of aromatic nitrogens is 2. The lowest BCUT2D eigenvalue weighted by Crippen LogP contribution is -2.49. The van der Waals surface area contributed by atoms with Crippen molar-refractivity contribution in [2.75, 3.05) is 26.2 Å². The van der Waals surface area contributed by atoms with Crippen LogP contribution in [0.15, 0.2) is 42.9 Å². The van der Waals surface area contributed by atoms with Crippen LogP contribution in [0.5, 0.6) is 0 Å². The van der Waals surface area contributed by atoms with Crippen LogP contribution in [0.1, 0.15) is 24.1 Å². The Bertz CT molecular complexity index is 607. The topological polar surface area (TPSA) is 24.3 Å². The molecule has 0 radical (unpaired) electrons. The molecule has 2 aliphatic heterocycles. The molecule has 0 saturated carbocycles. The Morgan fingerprint density at radius 3 is 2.86 bits per heavy atom. The average molecular weight is 296 g/mol. The van der Waals surface area contributed by atoms with E-state index in [-0.39, 0.29) is 0 Å². The second-order valence-electron chi connectivity index (χ2n) is 6.57. The van der Waals surface area contributed by atoms with Gasteiger partial charge in [-0.1, -0.05) is 30.3 Å². The number of hydrogen-bond acceptors (Lipinski definition) is 3. The molecule has 2 aliphatic rings. The normalized spacial score (nSPS) is 22.8. The number of benzene rings is 1. The largest absolute Gasteiger partial charge is 0.329 e. The SMILES string of the molecule is c1ccc(Cn2cncc2CN2CCN3CCC[C@@H]3C2)cc1. The summed E-state index contributed by atoms with van der Waals surface area (Å²) in [5.74, 6) is 0. The molecule has 2 saturated heterocycles. The summed E-state index contributed by atoms with van der Waals surface area (Å²) in [5, 5.41) is 0. The number of rotatable bonds is 4. The monoisotopic (exact) mass is 296 g/mol. The van der Waals surface area contributed by atoms with Crippen LogP contribution in [-0.2, 0) is 13.1 Å². The zero-order valence-corrected chi connectivity index (χ0v) is 13.1. The third-order valence-corrected chi connectivity index (χ3v) is 5.05. The predicted molar refractivity (Wildman–Crippen MR) is 87.6 cm³/mol. The van der Waals surface area contributed by atoms with Gasteiger partial charge in [0.05, 0.1) is 12.0 Å². The first-order chi connectivity index (χ1) is 10.9. The van der Waals surface area contributed by atoms with Gasteiger partial charge in [-0.15, -0.1) is 0 Å². The van der Waals surface area contributed by atoms with Crippen molar-refractivity contribution in [3.8, 4) is 0 Å². The van der Waals surface area contributed by atoms with E-state index in [9.17, 15) is 0 Å². The highest BCUT2D eigenvalue weighted by atomic mass is 15.3. The second kappa shape index (κ2) is 6.23. The van der Waals surface area contributed by atoms with Crippen LogP contribution in [0, 0.1) is 0 Å². The average Bonchev–Trinajstić information content (AvgIpc) is 3.18. The van der Waals surface area contributed by atoms with Gasteiger partial charge < -0.3 is 4.57 Å². The first kappa shape index (κ1) is 14.0. The summed E-state index contributed by atoms with van der Waals surface area (Å²) >= 11 is 0. The van der Waals surface area contributed by atoms with Crippen molar-refractivity contribution in [2.45, 2.75) is 32.0 Å². The highest BCUT2D eigenvalue weighted by Gasteiger charge is 2.30. The number of fused-ring (bicyclic) bond motifs is 1. The van der Waals surface area contributed by atoms with Crippen molar-refractivity contribution >= 4 is 0 Å². The highest BCUT2D eigenvalue weighted by molar-refractivity contribution is 5.16.